The molecule has 33 heavy (non-hydrogen) atoms. The van der Waals surface area contributed by atoms with E-state index in [2.05, 4.69) is 72.1 Å². The molecule has 0 spiro atoms. The zero-order chi connectivity index (χ0) is 24.0. The van der Waals surface area contributed by atoms with Crippen molar-refractivity contribution in [1.29, 1.82) is 0 Å². The lowest BCUT2D eigenvalue weighted by atomic mass is 9.83. The molecule has 0 saturated carbocycles. The van der Waals surface area contributed by atoms with Gasteiger partial charge in [0.05, 0.1) is 6.54 Å². The molecule has 1 atom stereocenters. The normalized spacial score (nSPS) is 14.6. The van der Waals surface area contributed by atoms with E-state index in [0.29, 0.717) is 12.0 Å². The fourth-order valence-corrected chi connectivity index (χ4v) is 4.72. The van der Waals surface area contributed by atoms with Crippen LogP contribution < -0.4 is 5.32 Å². The van der Waals surface area contributed by atoms with Crippen LogP contribution in [-0.2, 0) is 16.6 Å². The third-order valence-corrected chi connectivity index (χ3v) is 6.68. The quantitative estimate of drug-likeness (QED) is 0.423. The first-order valence-electron chi connectivity index (χ1n) is 11.9. The highest BCUT2D eigenvalue weighted by atomic mass is 79.9. The lowest BCUT2D eigenvalue weighted by Gasteiger charge is -2.23. The highest BCUT2D eigenvalue weighted by Crippen LogP contribution is 2.32. The maximum atomic E-state index is 12.7. The summed E-state index contributed by atoms with van der Waals surface area (Å²) in [6.07, 6.45) is 4.23. The van der Waals surface area contributed by atoms with E-state index in [4.69, 9.17) is 0 Å². The molecule has 4 nitrogen and oxygen atoms in total. The third-order valence-electron chi connectivity index (χ3n) is 6.23. The van der Waals surface area contributed by atoms with Crippen LogP contribution in [0.15, 0.2) is 51.9 Å². The smallest absolute Gasteiger partial charge is 0.251 e. The number of aliphatic imine (C=N–C) groups is 1. The minimum Gasteiger partial charge on any atom is -0.345 e. The molecule has 0 saturated heterocycles. The Bertz CT molecular complexity index is 1040. The number of amides is 1. The summed E-state index contributed by atoms with van der Waals surface area (Å²) >= 11 is 3.63. The number of rotatable bonds is 9. The van der Waals surface area contributed by atoms with Gasteiger partial charge in [0.15, 0.2) is 5.78 Å². The predicted octanol–water partition coefficient (Wildman–Crippen LogP) is 6.41. The second-order valence-corrected chi connectivity index (χ2v) is 10.9. The maximum Gasteiger partial charge on any atom is 0.251 e. The summed E-state index contributed by atoms with van der Waals surface area (Å²) in [6, 6.07) is 14.1. The fourth-order valence-electron chi connectivity index (χ4n) is 4.21. The van der Waals surface area contributed by atoms with E-state index >= 15 is 0 Å². The predicted molar refractivity (Wildman–Crippen MR) is 140 cm³/mol. The molecule has 0 aliphatic carbocycles. The largest absolute Gasteiger partial charge is 0.345 e. The van der Waals surface area contributed by atoms with Gasteiger partial charge in [-0.2, -0.15) is 0 Å². The zero-order valence-electron chi connectivity index (χ0n) is 20.2. The molecule has 0 radical (unpaired) electrons. The van der Waals surface area contributed by atoms with Crippen molar-refractivity contribution in [2.45, 2.75) is 71.1 Å². The second kappa shape index (κ2) is 11.2. The Labute approximate surface area is 206 Å². The topological polar surface area (TPSA) is 58.5 Å². The van der Waals surface area contributed by atoms with E-state index in [1.807, 2.05) is 18.2 Å². The molecule has 0 unspecified atom stereocenters. The van der Waals surface area contributed by atoms with Gasteiger partial charge < -0.3 is 5.32 Å². The number of nitrogens with zero attached hydrogens (tertiary/aromatic N) is 1. The molecule has 176 valence electrons. The van der Waals surface area contributed by atoms with E-state index in [9.17, 15) is 9.59 Å². The van der Waals surface area contributed by atoms with Gasteiger partial charge in [0.25, 0.3) is 5.91 Å². The van der Waals surface area contributed by atoms with Gasteiger partial charge in [0.2, 0.25) is 0 Å². The van der Waals surface area contributed by atoms with Crippen LogP contribution in [0.3, 0.4) is 0 Å². The van der Waals surface area contributed by atoms with Crippen molar-refractivity contribution in [2.24, 2.45) is 4.99 Å². The first-order valence-corrected chi connectivity index (χ1v) is 12.7. The summed E-state index contributed by atoms with van der Waals surface area (Å²) in [7, 11) is 0. The van der Waals surface area contributed by atoms with E-state index in [-0.39, 0.29) is 29.6 Å². The van der Waals surface area contributed by atoms with Gasteiger partial charge in [-0.25, -0.2) is 0 Å². The number of ketones is 1. The summed E-state index contributed by atoms with van der Waals surface area (Å²) in [5.41, 5.74) is 5.33. The number of benzene rings is 2. The van der Waals surface area contributed by atoms with Gasteiger partial charge in [-0.05, 0) is 71.6 Å². The Morgan fingerprint density at radius 2 is 1.94 bits per heavy atom. The summed E-state index contributed by atoms with van der Waals surface area (Å²) in [5.74, 6) is -0.0310. The minimum absolute atomic E-state index is 0.0354. The number of carbonyl (C=O) groups is 2. The highest BCUT2D eigenvalue weighted by molar-refractivity contribution is 9.10. The van der Waals surface area contributed by atoms with Crippen LogP contribution in [0.1, 0.15) is 86.3 Å². The number of Topliss-reactive ketones (excluding diaryl/α,β-unsaturated/α-hetero) is 1. The third kappa shape index (κ3) is 7.36. The Morgan fingerprint density at radius 3 is 2.61 bits per heavy atom. The number of hydrogen-bond acceptors (Lipinski definition) is 3. The van der Waals surface area contributed by atoms with Crippen molar-refractivity contribution in [3.63, 3.8) is 0 Å². The van der Waals surface area contributed by atoms with Crippen molar-refractivity contribution in [3.8, 4) is 0 Å². The Hall–Kier alpha value is -2.27. The molecule has 3 rings (SSSR count). The lowest BCUT2D eigenvalue weighted by Crippen LogP contribution is -2.30. The van der Waals surface area contributed by atoms with Crippen molar-refractivity contribution in [2.75, 3.05) is 13.1 Å². The zero-order valence-corrected chi connectivity index (χ0v) is 21.8. The number of nitrogens with one attached hydrogen (secondary N) is 1. The lowest BCUT2D eigenvalue weighted by molar-refractivity contribution is -0.118. The molecule has 0 fully saturated rings. The molecule has 1 aliphatic heterocycles. The highest BCUT2D eigenvalue weighted by Gasteiger charge is 2.20. The minimum atomic E-state index is -0.205. The summed E-state index contributed by atoms with van der Waals surface area (Å²) < 4.78 is 1.03. The SMILES string of the molecule is CC[C@H](CC(=O)CNC(=O)c1cccc(CC2=NCCC2)c1)c1cc(Br)cc(C(C)(C)C)c1. The Kier molecular flexibility index (Phi) is 8.63. The van der Waals surface area contributed by atoms with Crippen LogP contribution in [-0.4, -0.2) is 30.5 Å². The van der Waals surface area contributed by atoms with Crippen LogP contribution in [0, 0.1) is 0 Å². The molecule has 2 aromatic carbocycles. The molecule has 5 heteroatoms. The number of halogens is 1. The van der Waals surface area contributed by atoms with Crippen LogP contribution in [0.2, 0.25) is 0 Å². The molecule has 1 N–H and O–H groups in total. The van der Waals surface area contributed by atoms with Crippen molar-refractivity contribution < 1.29 is 9.59 Å². The van der Waals surface area contributed by atoms with Crippen molar-refractivity contribution in [1.82, 2.24) is 5.32 Å². The Balaban J connectivity index is 1.59. The summed E-state index contributed by atoms with van der Waals surface area (Å²) in [6.45, 7) is 9.64. The van der Waals surface area contributed by atoms with Crippen LogP contribution in [0.25, 0.3) is 0 Å². The first kappa shape index (κ1) is 25.4. The van der Waals surface area contributed by atoms with E-state index < -0.39 is 0 Å². The maximum absolute atomic E-state index is 12.7. The van der Waals surface area contributed by atoms with Crippen LogP contribution >= 0.6 is 15.9 Å². The van der Waals surface area contributed by atoms with Crippen LogP contribution in [0.4, 0.5) is 0 Å². The second-order valence-electron chi connectivity index (χ2n) is 9.98. The number of hydrogen-bond donors (Lipinski definition) is 1. The standard InChI is InChI=1S/C28H35BrN2O2/c1-5-20(22-14-23(28(2,3)4)17-24(29)15-22)16-26(32)18-31-27(33)21-9-6-8-19(12-21)13-25-10-7-11-30-25/h6,8-9,12,14-15,17,20H,5,7,10-11,13,16,18H2,1-4H3,(H,31,33)/t20-/m1/s1. The van der Waals surface area contributed by atoms with E-state index in [1.165, 1.54) is 16.8 Å². The van der Waals surface area contributed by atoms with Gasteiger partial charge in [-0.1, -0.05) is 61.8 Å². The first-order chi connectivity index (χ1) is 15.7. The van der Waals surface area contributed by atoms with Gasteiger partial charge in [-0.15, -0.1) is 0 Å². The summed E-state index contributed by atoms with van der Waals surface area (Å²) in [4.78, 5) is 29.9. The van der Waals surface area contributed by atoms with Crippen molar-refractivity contribution >= 4 is 33.3 Å². The van der Waals surface area contributed by atoms with Gasteiger partial charge in [-0.3, -0.25) is 14.6 Å². The van der Waals surface area contributed by atoms with E-state index in [0.717, 1.165) is 42.3 Å². The molecule has 1 heterocycles. The molecule has 1 aliphatic rings. The number of carbonyl (C=O) groups excluding carboxylic acids is 2. The average Bonchev–Trinajstić information content (AvgIpc) is 3.28. The molecule has 2 aromatic rings. The van der Waals surface area contributed by atoms with Crippen LogP contribution in [0.5, 0.6) is 0 Å². The van der Waals surface area contributed by atoms with Gasteiger partial charge >= 0.3 is 0 Å². The Morgan fingerprint density at radius 1 is 1.15 bits per heavy atom. The fraction of sp³-hybridized carbons (Fsp3) is 0.464. The molecular formula is C28H35BrN2O2. The monoisotopic (exact) mass is 510 g/mol. The van der Waals surface area contributed by atoms with Gasteiger partial charge in [0, 0.05) is 35.1 Å². The molecule has 1 amide bonds. The molecule has 0 aromatic heterocycles. The van der Waals surface area contributed by atoms with Gasteiger partial charge in [0.1, 0.15) is 0 Å². The van der Waals surface area contributed by atoms with E-state index in [1.54, 1.807) is 6.07 Å². The van der Waals surface area contributed by atoms with Crippen molar-refractivity contribution in [3.05, 3.63) is 69.2 Å². The summed E-state index contributed by atoms with van der Waals surface area (Å²) in [5, 5.41) is 2.82. The average molecular weight is 512 g/mol. The molecular weight excluding hydrogens is 476 g/mol. The molecule has 0 bridgehead atoms.